The second-order valence-electron chi connectivity index (χ2n) is 7.15. The van der Waals surface area contributed by atoms with Crippen molar-refractivity contribution in [3.05, 3.63) is 95.9 Å². The molecule has 6 nitrogen and oxygen atoms in total. The molecule has 150 valence electrons. The van der Waals surface area contributed by atoms with Gasteiger partial charge in [-0.2, -0.15) is 15.6 Å². The maximum Gasteiger partial charge on any atom is 0.159 e. The summed E-state index contributed by atoms with van der Waals surface area (Å²) in [5, 5.41) is 24.6. The van der Waals surface area contributed by atoms with E-state index in [4.69, 9.17) is 5.10 Å². The summed E-state index contributed by atoms with van der Waals surface area (Å²) in [5.41, 5.74) is 3.77. The molecule has 0 radical (unpaired) electrons. The fraction of sp³-hybridized carbons (Fsp3) is 0.0800. The van der Waals surface area contributed by atoms with Gasteiger partial charge in [-0.05, 0) is 48.0 Å². The molecule has 2 aromatic heterocycles. The number of aromatic nitrogens is 3. The van der Waals surface area contributed by atoms with Crippen molar-refractivity contribution in [1.82, 2.24) is 14.3 Å². The third-order valence-corrected chi connectivity index (χ3v) is 4.92. The fourth-order valence-corrected chi connectivity index (χ4v) is 3.35. The Balaban J connectivity index is 1.90. The second kappa shape index (κ2) is 8.44. The van der Waals surface area contributed by atoms with Crippen LogP contribution in [-0.2, 0) is 0 Å². The first-order chi connectivity index (χ1) is 15.1. The highest BCUT2D eigenvalue weighted by Crippen LogP contribution is 2.28. The van der Waals surface area contributed by atoms with E-state index in [9.17, 15) is 10.5 Å². The second-order valence-corrected chi connectivity index (χ2v) is 7.15. The number of anilines is 1. The van der Waals surface area contributed by atoms with Gasteiger partial charge in [0.1, 0.15) is 23.4 Å². The van der Waals surface area contributed by atoms with Gasteiger partial charge in [-0.1, -0.05) is 30.3 Å². The molecule has 0 fully saturated rings. The Kier molecular flexibility index (Phi) is 5.38. The van der Waals surface area contributed by atoms with E-state index in [-0.39, 0.29) is 0 Å². The van der Waals surface area contributed by atoms with Crippen LogP contribution in [0.5, 0.6) is 0 Å². The summed E-state index contributed by atoms with van der Waals surface area (Å²) in [5.74, 6) is 0.595. The summed E-state index contributed by atoms with van der Waals surface area (Å²) in [6.45, 7) is 0. The van der Waals surface area contributed by atoms with Crippen molar-refractivity contribution in [3.63, 3.8) is 0 Å². The number of benzene rings is 2. The Bertz CT molecular complexity index is 1300. The van der Waals surface area contributed by atoms with Crippen molar-refractivity contribution in [3.8, 4) is 23.6 Å². The first-order valence-electron chi connectivity index (χ1n) is 9.74. The zero-order valence-electron chi connectivity index (χ0n) is 17.3. The molecule has 0 N–H and O–H groups in total. The Morgan fingerprint density at radius 3 is 2.19 bits per heavy atom. The lowest BCUT2D eigenvalue weighted by Crippen LogP contribution is -2.07. The van der Waals surface area contributed by atoms with Gasteiger partial charge in [0, 0.05) is 32.2 Å². The summed E-state index contributed by atoms with van der Waals surface area (Å²) < 4.78 is 3.54. The summed E-state index contributed by atoms with van der Waals surface area (Å²) in [6, 6.07) is 25.7. The van der Waals surface area contributed by atoms with Gasteiger partial charge in [-0.25, -0.2) is 4.68 Å². The molecule has 2 heterocycles. The van der Waals surface area contributed by atoms with E-state index in [1.54, 1.807) is 10.8 Å². The average molecular weight is 404 g/mol. The first-order valence-corrected chi connectivity index (χ1v) is 9.74. The molecule has 0 saturated heterocycles. The van der Waals surface area contributed by atoms with Gasteiger partial charge in [0.25, 0.3) is 0 Å². The van der Waals surface area contributed by atoms with E-state index in [0.29, 0.717) is 22.6 Å². The van der Waals surface area contributed by atoms with Crippen molar-refractivity contribution in [2.24, 2.45) is 0 Å². The Hall–Kier alpha value is -4.55. The normalized spacial score (nSPS) is 11.0. The molecule has 31 heavy (non-hydrogen) atoms. The summed E-state index contributed by atoms with van der Waals surface area (Å²) in [7, 11) is 3.95. The van der Waals surface area contributed by atoms with Gasteiger partial charge in [-0.3, -0.25) is 0 Å². The van der Waals surface area contributed by atoms with Gasteiger partial charge in [0.15, 0.2) is 5.82 Å². The molecule has 0 aliphatic carbocycles. The maximum atomic E-state index is 10.0. The number of nitriles is 2. The average Bonchev–Trinajstić information content (AvgIpc) is 3.46. The Morgan fingerprint density at radius 2 is 1.61 bits per heavy atom. The molecule has 0 saturated carbocycles. The van der Waals surface area contributed by atoms with Crippen LogP contribution < -0.4 is 4.90 Å². The van der Waals surface area contributed by atoms with E-state index in [1.807, 2.05) is 103 Å². The molecule has 0 atom stereocenters. The number of hydrogen-bond donors (Lipinski definition) is 0. The van der Waals surface area contributed by atoms with Crippen molar-refractivity contribution >= 4 is 17.3 Å². The van der Waals surface area contributed by atoms with Crippen LogP contribution in [0.1, 0.15) is 16.8 Å². The minimum atomic E-state index is 0.331. The minimum absolute atomic E-state index is 0.331. The lowest BCUT2D eigenvalue weighted by atomic mass is 10.1. The Labute approximate surface area is 181 Å². The van der Waals surface area contributed by atoms with Crippen LogP contribution in [0.25, 0.3) is 23.2 Å². The lowest BCUT2D eigenvalue weighted by molar-refractivity contribution is 0.820. The van der Waals surface area contributed by atoms with Crippen LogP contribution in [0.3, 0.4) is 0 Å². The van der Waals surface area contributed by atoms with Gasteiger partial charge in [0.05, 0.1) is 11.3 Å². The van der Waals surface area contributed by atoms with Crippen LogP contribution >= 0.6 is 0 Å². The standard InChI is InChI=1S/C25H20N6/c1-29(2)21-12-10-19(11-13-21)16-20(17-26)24-23(18-27)25(30-14-6-7-15-30)31(28-24)22-8-4-3-5-9-22/h3-16H,1-2H3. The number of hydrogen-bond acceptors (Lipinski definition) is 4. The first kappa shape index (κ1) is 19.8. The third-order valence-electron chi connectivity index (χ3n) is 4.92. The molecule has 0 aliphatic heterocycles. The van der Waals surface area contributed by atoms with Gasteiger partial charge < -0.3 is 9.47 Å². The van der Waals surface area contributed by atoms with Gasteiger partial charge >= 0.3 is 0 Å². The van der Waals surface area contributed by atoms with E-state index in [2.05, 4.69) is 12.1 Å². The smallest absolute Gasteiger partial charge is 0.159 e. The predicted octanol–water partition coefficient (Wildman–Crippen LogP) is 4.66. The zero-order valence-corrected chi connectivity index (χ0v) is 17.3. The number of rotatable bonds is 5. The summed E-state index contributed by atoms with van der Waals surface area (Å²) in [4.78, 5) is 2.01. The van der Waals surface area contributed by atoms with Crippen molar-refractivity contribution < 1.29 is 0 Å². The number of nitrogens with zero attached hydrogens (tertiary/aromatic N) is 6. The maximum absolute atomic E-state index is 10.0. The number of para-hydroxylation sites is 1. The molecular formula is C25H20N6. The molecule has 2 aromatic carbocycles. The third kappa shape index (κ3) is 3.83. The SMILES string of the molecule is CN(C)c1ccc(C=C(C#N)c2nn(-c3ccccc3)c(-n3cccc3)c2C#N)cc1. The topological polar surface area (TPSA) is 73.6 Å². The van der Waals surface area contributed by atoms with Crippen molar-refractivity contribution in [2.45, 2.75) is 0 Å². The molecular weight excluding hydrogens is 384 g/mol. The fourth-order valence-electron chi connectivity index (χ4n) is 3.35. The largest absolute Gasteiger partial charge is 0.378 e. The quantitative estimate of drug-likeness (QED) is 0.453. The van der Waals surface area contributed by atoms with Crippen LogP contribution in [0.2, 0.25) is 0 Å². The Morgan fingerprint density at radius 1 is 0.935 bits per heavy atom. The van der Waals surface area contributed by atoms with E-state index in [0.717, 1.165) is 16.9 Å². The highest BCUT2D eigenvalue weighted by atomic mass is 15.3. The molecule has 0 bridgehead atoms. The van der Waals surface area contributed by atoms with Crippen LogP contribution in [0, 0.1) is 22.7 Å². The molecule has 4 aromatic rings. The summed E-state index contributed by atoms with van der Waals surface area (Å²) >= 11 is 0. The summed E-state index contributed by atoms with van der Waals surface area (Å²) in [6.07, 6.45) is 5.48. The molecule has 6 heteroatoms. The zero-order chi connectivity index (χ0) is 21.8. The predicted molar refractivity (Wildman–Crippen MR) is 122 cm³/mol. The van der Waals surface area contributed by atoms with Crippen molar-refractivity contribution in [1.29, 1.82) is 10.5 Å². The highest BCUT2D eigenvalue weighted by molar-refractivity contribution is 5.91. The molecule has 0 unspecified atom stereocenters. The molecule has 4 rings (SSSR count). The molecule has 0 amide bonds. The van der Waals surface area contributed by atoms with Gasteiger partial charge in [0.2, 0.25) is 0 Å². The van der Waals surface area contributed by atoms with Crippen LogP contribution in [0.15, 0.2) is 79.1 Å². The van der Waals surface area contributed by atoms with E-state index >= 15 is 0 Å². The van der Waals surface area contributed by atoms with Crippen LogP contribution in [-0.4, -0.2) is 28.4 Å². The minimum Gasteiger partial charge on any atom is -0.378 e. The van der Waals surface area contributed by atoms with Gasteiger partial charge in [-0.15, -0.1) is 0 Å². The molecule has 0 spiro atoms. The van der Waals surface area contributed by atoms with Crippen LogP contribution in [0.4, 0.5) is 5.69 Å². The highest BCUT2D eigenvalue weighted by Gasteiger charge is 2.22. The van der Waals surface area contributed by atoms with Crippen molar-refractivity contribution in [2.75, 3.05) is 19.0 Å². The molecule has 0 aliphatic rings. The van der Waals surface area contributed by atoms with E-state index < -0.39 is 0 Å². The lowest BCUT2D eigenvalue weighted by Gasteiger charge is -2.11. The number of allylic oxidation sites excluding steroid dienone is 1. The van der Waals surface area contributed by atoms with E-state index in [1.165, 1.54) is 0 Å². The monoisotopic (exact) mass is 404 g/mol.